The van der Waals surface area contributed by atoms with E-state index in [-0.39, 0.29) is 0 Å². The summed E-state index contributed by atoms with van der Waals surface area (Å²) in [5, 5.41) is 12.7. The highest BCUT2D eigenvalue weighted by Crippen LogP contribution is 2.26. The van der Waals surface area contributed by atoms with Crippen LogP contribution in [0.25, 0.3) is 0 Å². The molecule has 0 bridgehead atoms. The molecular formula is C15H17N3. The second kappa shape index (κ2) is 4.81. The van der Waals surface area contributed by atoms with Crippen molar-refractivity contribution in [2.45, 2.75) is 44.6 Å². The smallest absolute Gasteiger partial charge is 0.144 e. The van der Waals surface area contributed by atoms with Gasteiger partial charge >= 0.3 is 0 Å². The molecule has 0 saturated heterocycles. The van der Waals surface area contributed by atoms with Crippen LogP contribution in [0.15, 0.2) is 18.2 Å². The lowest BCUT2D eigenvalue weighted by Gasteiger charge is -2.21. The molecule has 3 nitrogen and oxygen atoms in total. The van der Waals surface area contributed by atoms with E-state index in [1.165, 1.54) is 17.7 Å². The topological polar surface area (TPSA) is 48.7 Å². The lowest BCUT2D eigenvalue weighted by atomic mass is 10.0. The van der Waals surface area contributed by atoms with E-state index in [1.54, 1.807) is 0 Å². The number of pyridine rings is 1. The van der Waals surface area contributed by atoms with Gasteiger partial charge in [0.25, 0.3) is 0 Å². The van der Waals surface area contributed by atoms with Gasteiger partial charge in [0.1, 0.15) is 11.9 Å². The van der Waals surface area contributed by atoms with Crippen molar-refractivity contribution in [1.29, 1.82) is 5.26 Å². The summed E-state index contributed by atoms with van der Waals surface area (Å²) < 4.78 is 0. The zero-order valence-electron chi connectivity index (χ0n) is 10.4. The molecule has 18 heavy (non-hydrogen) atoms. The number of aromatic nitrogens is 1. The number of nitriles is 1. The third-order valence-electron chi connectivity index (χ3n) is 3.78. The van der Waals surface area contributed by atoms with E-state index in [2.05, 4.69) is 28.5 Å². The molecule has 2 aliphatic rings. The van der Waals surface area contributed by atoms with Crippen LogP contribution in [0.4, 0.5) is 5.82 Å². The molecule has 92 valence electrons. The summed E-state index contributed by atoms with van der Waals surface area (Å²) in [6.45, 7) is 0. The van der Waals surface area contributed by atoms with Gasteiger partial charge in [-0.25, -0.2) is 4.98 Å². The third kappa shape index (κ3) is 2.11. The summed E-state index contributed by atoms with van der Waals surface area (Å²) in [5.41, 5.74) is 3.15. The van der Waals surface area contributed by atoms with Crippen LogP contribution in [0, 0.1) is 11.3 Å². The summed E-state index contributed by atoms with van der Waals surface area (Å²) in [6, 6.07) is 4.72. The standard InChI is InChI=1S/C15H17N3/c16-10-12-9-11-5-4-8-14(11)18-15(12)17-13-6-2-1-3-7-13/h1-2,9,13H,3-8H2,(H,17,18). The number of rotatable bonds is 2. The second-order valence-electron chi connectivity index (χ2n) is 5.08. The van der Waals surface area contributed by atoms with Crippen molar-refractivity contribution in [3.63, 3.8) is 0 Å². The Morgan fingerprint density at radius 2 is 2.28 bits per heavy atom. The van der Waals surface area contributed by atoms with Crippen molar-refractivity contribution in [3.8, 4) is 6.07 Å². The number of fused-ring (bicyclic) bond motifs is 1. The Morgan fingerprint density at radius 1 is 1.33 bits per heavy atom. The predicted molar refractivity (Wildman–Crippen MR) is 71.4 cm³/mol. The van der Waals surface area contributed by atoms with Crippen LogP contribution in [-0.2, 0) is 12.8 Å². The molecule has 0 radical (unpaired) electrons. The molecular weight excluding hydrogens is 222 g/mol. The van der Waals surface area contributed by atoms with Crippen LogP contribution in [-0.4, -0.2) is 11.0 Å². The molecule has 0 aliphatic heterocycles. The fraction of sp³-hybridized carbons (Fsp3) is 0.467. The largest absolute Gasteiger partial charge is 0.366 e. The minimum atomic E-state index is 0.425. The number of hydrogen-bond donors (Lipinski definition) is 1. The lowest BCUT2D eigenvalue weighted by Crippen LogP contribution is -2.22. The molecule has 0 amide bonds. The molecule has 0 saturated carbocycles. The molecule has 1 atom stereocenters. The summed E-state index contributed by atoms with van der Waals surface area (Å²) in [5.74, 6) is 0.790. The monoisotopic (exact) mass is 239 g/mol. The Hall–Kier alpha value is -1.82. The highest BCUT2D eigenvalue weighted by molar-refractivity contribution is 5.55. The highest BCUT2D eigenvalue weighted by Gasteiger charge is 2.18. The Labute approximate surface area is 108 Å². The van der Waals surface area contributed by atoms with E-state index in [0.29, 0.717) is 11.6 Å². The van der Waals surface area contributed by atoms with Crippen LogP contribution in [0.5, 0.6) is 0 Å². The van der Waals surface area contributed by atoms with Crippen molar-refractivity contribution in [2.24, 2.45) is 0 Å². The van der Waals surface area contributed by atoms with Crippen molar-refractivity contribution in [1.82, 2.24) is 4.98 Å². The van der Waals surface area contributed by atoms with Gasteiger partial charge < -0.3 is 5.32 Å². The van der Waals surface area contributed by atoms with Crippen molar-refractivity contribution in [3.05, 3.63) is 35.0 Å². The normalized spacial score (nSPS) is 21.4. The fourth-order valence-electron chi connectivity index (χ4n) is 2.79. The summed E-state index contributed by atoms with van der Waals surface area (Å²) in [4.78, 5) is 4.66. The van der Waals surface area contributed by atoms with Crippen molar-refractivity contribution >= 4 is 5.82 Å². The molecule has 1 unspecified atom stereocenters. The minimum absolute atomic E-state index is 0.425. The van der Waals surface area contributed by atoms with Gasteiger partial charge in [0.05, 0.1) is 5.56 Å². The first-order valence-electron chi connectivity index (χ1n) is 6.71. The number of hydrogen-bond acceptors (Lipinski definition) is 3. The number of anilines is 1. The Kier molecular flexibility index (Phi) is 3.02. The molecule has 1 N–H and O–H groups in total. The molecule has 3 rings (SSSR count). The first kappa shape index (κ1) is 11.3. The molecule has 1 heterocycles. The summed E-state index contributed by atoms with van der Waals surface area (Å²) >= 11 is 0. The average molecular weight is 239 g/mol. The molecule has 3 heteroatoms. The van der Waals surface area contributed by atoms with E-state index in [9.17, 15) is 5.26 Å². The third-order valence-corrected chi connectivity index (χ3v) is 3.78. The van der Waals surface area contributed by atoms with E-state index >= 15 is 0 Å². The second-order valence-corrected chi connectivity index (χ2v) is 5.08. The summed E-state index contributed by atoms with van der Waals surface area (Å²) in [6.07, 6.45) is 11.0. The van der Waals surface area contributed by atoms with Gasteiger partial charge in [0.2, 0.25) is 0 Å². The van der Waals surface area contributed by atoms with Gasteiger partial charge in [-0.1, -0.05) is 12.2 Å². The first-order chi connectivity index (χ1) is 8.86. The maximum Gasteiger partial charge on any atom is 0.144 e. The molecule has 0 fully saturated rings. The molecule has 0 spiro atoms. The molecule has 2 aliphatic carbocycles. The van der Waals surface area contributed by atoms with E-state index in [1.807, 2.05) is 6.07 Å². The van der Waals surface area contributed by atoms with Crippen LogP contribution < -0.4 is 5.32 Å². The highest BCUT2D eigenvalue weighted by atomic mass is 15.0. The number of aryl methyl sites for hydroxylation is 2. The SMILES string of the molecule is N#Cc1cc2c(nc1NC1CC=CCC1)CCC2. The minimum Gasteiger partial charge on any atom is -0.366 e. The lowest BCUT2D eigenvalue weighted by molar-refractivity contribution is 0.641. The fourth-order valence-corrected chi connectivity index (χ4v) is 2.79. The van der Waals surface area contributed by atoms with Gasteiger partial charge in [-0.3, -0.25) is 0 Å². The van der Waals surface area contributed by atoms with Gasteiger partial charge in [-0.05, 0) is 50.2 Å². The zero-order chi connectivity index (χ0) is 12.4. The van der Waals surface area contributed by atoms with Crippen LogP contribution in [0.3, 0.4) is 0 Å². The van der Waals surface area contributed by atoms with Gasteiger partial charge in [-0.2, -0.15) is 5.26 Å². The van der Waals surface area contributed by atoms with Crippen LogP contribution in [0.1, 0.15) is 42.5 Å². The predicted octanol–water partition coefficient (Wildman–Crippen LogP) is 2.96. The first-order valence-corrected chi connectivity index (χ1v) is 6.71. The van der Waals surface area contributed by atoms with E-state index in [0.717, 1.165) is 37.9 Å². The van der Waals surface area contributed by atoms with Crippen molar-refractivity contribution < 1.29 is 0 Å². The van der Waals surface area contributed by atoms with Gasteiger partial charge in [0, 0.05) is 11.7 Å². The van der Waals surface area contributed by atoms with E-state index in [4.69, 9.17) is 0 Å². The Bertz CT molecular complexity index is 525. The number of nitrogens with one attached hydrogen (secondary N) is 1. The maximum atomic E-state index is 9.24. The number of allylic oxidation sites excluding steroid dienone is 1. The van der Waals surface area contributed by atoms with E-state index < -0.39 is 0 Å². The maximum absolute atomic E-state index is 9.24. The number of nitrogens with zero attached hydrogens (tertiary/aromatic N) is 2. The zero-order valence-corrected chi connectivity index (χ0v) is 10.4. The van der Waals surface area contributed by atoms with Gasteiger partial charge in [-0.15, -0.1) is 0 Å². The van der Waals surface area contributed by atoms with Crippen LogP contribution >= 0.6 is 0 Å². The Balaban J connectivity index is 1.86. The molecule has 1 aromatic heterocycles. The quantitative estimate of drug-likeness (QED) is 0.807. The van der Waals surface area contributed by atoms with Gasteiger partial charge in [0.15, 0.2) is 0 Å². The summed E-state index contributed by atoms with van der Waals surface area (Å²) in [7, 11) is 0. The Morgan fingerprint density at radius 3 is 3.06 bits per heavy atom. The molecule has 0 aromatic carbocycles. The average Bonchev–Trinajstić information content (AvgIpc) is 2.86. The van der Waals surface area contributed by atoms with Crippen LogP contribution in [0.2, 0.25) is 0 Å². The van der Waals surface area contributed by atoms with Crippen molar-refractivity contribution in [2.75, 3.05) is 5.32 Å². The molecule has 1 aromatic rings.